The van der Waals surface area contributed by atoms with Crippen LogP contribution in [0.3, 0.4) is 0 Å². The lowest BCUT2D eigenvalue weighted by Gasteiger charge is -2.06. The number of ether oxygens (including phenoxy) is 1. The van der Waals surface area contributed by atoms with E-state index in [-0.39, 0.29) is 0 Å². The van der Waals surface area contributed by atoms with Gasteiger partial charge in [0.25, 0.3) is 0 Å². The molecule has 1 aromatic carbocycles. The van der Waals surface area contributed by atoms with Crippen LogP contribution in [0.4, 0.5) is 0 Å². The molecule has 0 aliphatic heterocycles. The van der Waals surface area contributed by atoms with Crippen LogP contribution in [0.1, 0.15) is 18.2 Å². The summed E-state index contributed by atoms with van der Waals surface area (Å²) in [5.41, 5.74) is 2.91. The average Bonchev–Trinajstić information content (AvgIpc) is 2.83. The normalized spacial score (nSPS) is 11.8. The lowest BCUT2D eigenvalue weighted by Crippen LogP contribution is -1.94. The summed E-state index contributed by atoms with van der Waals surface area (Å²) in [6, 6.07) is 11.9. The summed E-state index contributed by atoms with van der Waals surface area (Å²) in [5, 5.41) is 8.07. The Morgan fingerprint density at radius 3 is 2.80 bits per heavy atom. The van der Waals surface area contributed by atoms with Crippen LogP contribution < -0.4 is 4.74 Å². The number of rotatable bonds is 3. The van der Waals surface area contributed by atoms with E-state index in [9.17, 15) is 0 Å². The molecule has 1 N–H and O–H groups in total. The summed E-state index contributed by atoms with van der Waals surface area (Å²) < 4.78 is 5.86. The van der Waals surface area contributed by atoms with E-state index in [1.165, 1.54) is 0 Å². The third kappa shape index (κ3) is 2.40. The summed E-state index contributed by atoms with van der Waals surface area (Å²) in [6.07, 6.45) is 3.70. The topological polar surface area (TPSA) is 50.8 Å². The molecule has 3 rings (SSSR count). The maximum absolute atomic E-state index is 5.86. The highest BCUT2D eigenvalue weighted by Crippen LogP contribution is 2.26. The Labute approximate surface area is 117 Å². The number of benzene rings is 1. The molecule has 0 amide bonds. The molecule has 2 heterocycles. The first-order valence-corrected chi connectivity index (χ1v) is 6.45. The van der Waals surface area contributed by atoms with Crippen LogP contribution in [0, 0.1) is 6.92 Å². The number of pyridine rings is 1. The van der Waals surface area contributed by atoms with Crippen molar-refractivity contribution in [3.8, 4) is 5.88 Å². The molecule has 20 heavy (non-hydrogen) atoms. The van der Waals surface area contributed by atoms with Gasteiger partial charge in [-0.05, 0) is 31.6 Å². The number of hydrogen-bond donors (Lipinski definition) is 1. The van der Waals surface area contributed by atoms with Crippen molar-refractivity contribution in [2.24, 2.45) is 0 Å². The van der Waals surface area contributed by atoms with E-state index in [2.05, 4.69) is 15.2 Å². The number of allylic oxidation sites excluding steroid dienone is 1. The van der Waals surface area contributed by atoms with Crippen molar-refractivity contribution in [3.63, 3.8) is 0 Å². The summed E-state index contributed by atoms with van der Waals surface area (Å²) in [4.78, 5) is 4.30. The van der Waals surface area contributed by atoms with Crippen LogP contribution in [-0.2, 0) is 0 Å². The molecule has 4 nitrogen and oxygen atoms in total. The smallest absolute Gasteiger partial charge is 0.230 e. The second-order valence-electron chi connectivity index (χ2n) is 4.62. The first-order valence-electron chi connectivity index (χ1n) is 6.45. The molecule has 0 fully saturated rings. The van der Waals surface area contributed by atoms with Gasteiger partial charge in [-0.15, -0.1) is 0 Å². The molecule has 2 aromatic heterocycles. The summed E-state index contributed by atoms with van der Waals surface area (Å²) in [5.74, 6) is 1.37. The van der Waals surface area contributed by atoms with Gasteiger partial charge in [0.2, 0.25) is 5.88 Å². The molecule has 0 radical (unpaired) electrons. The number of nitrogens with one attached hydrogen (secondary N) is 1. The maximum atomic E-state index is 5.86. The fourth-order valence-corrected chi connectivity index (χ4v) is 2.13. The monoisotopic (exact) mass is 265 g/mol. The van der Waals surface area contributed by atoms with Gasteiger partial charge in [-0.25, -0.2) is 4.98 Å². The maximum Gasteiger partial charge on any atom is 0.230 e. The number of H-pyrrole nitrogens is 1. The van der Waals surface area contributed by atoms with Gasteiger partial charge in [-0.3, -0.25) is 5.10 Å². The molecule has 100 valence electrons. The molecule has 4 heteroatoms. The fraction of sp³-hybridized carbons (Fsp3) is 0.125. The van der Waals surface area contributed by atoms with E-state index in [1.807, 2.05) is 56.3 Å². The average molecular weight is 265 g/mol. The van der Waals surface area contributed by atoms with Crippen LogP contribution >= 0.6 is 0 Å². The SMILES string of the molecule is C/C(=C\c1ccccc1)Oc1nccc2[nH]nc(C)c12. The van der Waals surface area contributed by atoms with Gasteiger partial charge in [0.05, 0.1) is 16.6 Å². The van der Waals surface area contributed by atoms with Crippen molar-refractivity contribution in [1.29, 1.82) is 0 Å². The molecule has 3 aromatic rings. The number of fused-ring (bicyclic) bond motifs is 1. The van der Waals surface area contributed by atoms with Crippen molar-refractivity contribution in [1.82, 2.24) is 15.2 Å². The largest absolute Gasteiger partial charge is 0.443 e. The molecular weight excluding hydrogens is 250 g/mol. The zero-order valence-electron chi connectivity index (χ0n) is 11.4. The number of aromatic amines is 1. The zero-order chi connectivity index (χ0) is 13.9. The minimum atomic E-state index is 0.582. The van der Waals surface area contributed by atoms with Gasteiger partial charge in [-0.1, -0.05) is 30.3 Å². The summed E-state index contributed by atoms with van der Waals surface area (Å²) >= 11 is 0. The number of aromatic nitrogens is 3. The lowest BCUT2D eigenvalue weighted by atomic mass is 10.2. The molecule has 0 aliphatic carbocycles. The second-order valence-corrected chi connectivity index (χ2v) is 4.62. The Morgan fingerprint density at radius 2 is 2.00 bits per heavy atom. The minimum Gasteiger partial charge on any atom is -0.443 e. The van der Waals surface area contributed by atoms with E-state index in [0.29, 0.717) is 5.88 Å². The minimum absolute atomic E-state index is 0.582. The van der Waals surface area contributed by atoms with Crippen molar-refractivity contribution in [3.05, 3.63) is 59.6 Å². The standard InChI is InChI=1S/C16H15N3O/c1-11(10-13-6-4-3-5-7-13)20-16-15-12(2)18-19-14(15)8-9-17-16/h3-10H,1-2H3,(H,18,19)/b11-10+. The van der Waals surface area contributed by atoms with Gasteiger partial charge >= 0.3 is 0 Å². The molecule has 0 saturated heterocycles. The predicted octanol–water partition coefficient (Wildman–Crippen LogP) is 3.71. The Kier molecular flexibility index (Phi) is 3.21. The number of nitrogens with zero attached hydrogens (tertiary/aromatic N) is 2. The fourth-order valence-electron chi connectivity index (χ4n) is 2.13. The van der Waals surface area contributed by atoms with Gasteiger partial charge in [-0.2, -0.15) is 5.10 Å². The van der Waals surface area contributed by atoms with Crippen molar-refractivity contribution in [2.75, 3.05) is 0 Å². The van der Waals surface area contributed by atoms with Gasteiger partial charge < -0.3 is 4.74 Å². The first-order chi connectivity index (χ1) is 9.74. The first kappa shape index (κ1) is 12.4. The quantitative estimate of drug-likeness (QED) is 0.734. The van der Waals surface area contributed by atoms with Crippen LogP contribution in [0.25, 0.3) is 17.0 Å². The molecular formula is C16H15N3O. The Hall–Kier alpha value is -2.62. The van der Waals surface area contributed by atoms with Crippen molar-refractivity contribution in [2.45, 2.75) is 13.8 Å². The Bertz CT molecular complexity index is 760. The van der Waals surface area contributed by atoms with E-state index in [0.717, 1.165) is 27.9 Å². The van der Waals surface area contributed by atoms with E-state index < -0.39 is 0 Å². The van der Waals surface area contributed by atoms with Gasteiger partial charge in [0, 0.05) is 6.20 Å². The molecule has 0 unspecified atom stereocenters. The molecule has 0 bridgehead atoms. The molecule has 0 atom stereocenters. The number of aryl methyl sites for hydroxylation is 1. The zero-order valence-corrected chi connectivity index (χ0v) is 11.4. The summed E-state index contributed by atoms with van der Waals surface area (Å²) in [6.45, 7) is 3.85. The highest BCUT2D eigenvalue weighted by atomic mass is 16.5. The predicted molar refractivity (Wildman–Crippen MR) is 79.3 cm³/mol. The Balaban J connectivity index is 1.93. The van der Waals surface area contributed by atoms with E-state index in [1.54, 1.807) is 6.20 Å². The summed E-state index contributed by atoms with van der Waals surface area (Å²) in [7, 11) is 0. The van der Waals surface area contributed by atoms with E-state index in [4.69, 9.17) is 4.74 Å². The molecule has 0 saturated carbocycles. The number of hydrogen-bond acceptors (Lipinski definition) is 3. The molecule has 0 spiro atoms. The van der Waals surface area contributed by atoms with Gasteiger partial charge in [0.15, 0.2) is 0 Å². The third-order valence-corrected chi connectivity index (χ3v) is 3.05. The lowest BCUT2D eigenvalue weighted by molar-refractivity contribution is 0.421. The van der Waals surface area contributed by atoms with Crippen molar-refractivity contribution >= 4 is 17.0 Å². The highest BCUT2D eigenvalue weighted by molar-refractivity contribution is 5.85. The molecule has 0 aliphatic rings. The van der Waals surface area contributed by atoms with Crippen LogP contribution in [-0.4, -0.2) is 15.2 Å². The third-order valence-electron chi connectivity index (χ3n) is 3.05. The highest BCUT2D eigenvalue weighted by Gasteiger charge is 2.10. The van der Waals surface area contributed by atoms with Gasteiger partial charge in [0.1, 0.15) is 5.76 Å². The second kappa shape index (κ2) is 5.17. The van der Waals surface area contributed by atoms with Crippen LogP contribution in [0.5, 0.6) is 5.88 Å². The van der Waals surface area contributed by atoms with E-state index >= 15 is 0 Å². The van der Waals surface area contributed by atoms with Crippen LogP contribution in [0.2, 0.25) is 0 Å². The Morgan fingerprint density at radius 1 is 1.20 bits per heavy atom. The van der Waals surface area contributed by atoms with Crippen LogP contribution in [0.15, 0.2) is 48.4 Å². The van der Waals surface area contributed by atoms with Crippen molar-refractivity contribution < 1.29 is 4.74 Å².